The van der Waals surface area contributed by atoms with Gasteiger partial charge < -0.3 is 20.1 Å². The summed E-state index contributed by atoms with van der Waals surface area (Å²) in [5, 5.41) is 5.91. The van der Waals surface area contributed by atoms with Crippen molar-refractivity contribution in [1.29, 1.82) is 0 Å². The van der Waals surface area contributed by atoms with Gasteiger partial charge in [0.15, 0.2) is 0 Å². The fourth-order valence-electron chi connectivity index (χ4n) is 2.04. The number of amides is 2. The number of hydrogen-bond acceptors (Lipinski definition) is 4. The van der Waals surface area contributed by atoms with Crippen LogP contribution in [0.5, 0.6) is 11.5 Å². The van der Waals surface area contributed by atoms with E-state index in [-0.39, 0.29) is 6.42 Å². The molecule has 2 rings (SSSR count). The van der Waals surface area contributed by atoms with Gasteiger partial charge in [-0.15, -0.1) is 0 Å². The number of carbonyl (C=O) groups is 2. The molecule has 2 amide bonds. The first kappa shape index (κ1) is 18.9. The van der Waals surface area contributed by atoms with Crippen LogP contribution >= 0.6 is 23.2 Å². The minimum Gasteiger partial charge on any atom is -0.495 e. The fraction of sp³-hybridized carbons (Fsp3) is 0.176. The zero-order chi connectivity index (χ0) is 18.4. The molecule has 0 aliphatic rings. The van der Waals surface area contributed by atoms with E-state index in [1.807, 2.05) is 0 Å². The Kier molecular flexibility index (Phi) is 6.50. The van der Waals surface area contributed by atoms with E-state index in [1.165, 1.54) is 14.2 Å². The van der Waals surface area contributed by atoms with E-state index in [4.69, 9.17) is 32.7 Å². The van der Waals surface area contributed by atoms with E-state index in [1.54, 1.807) is 36.4 Å². The molecule has 0 saturated heterocycles. The third kappa shape index (κ3) is 5.27. The van der Waals surface area contributed by atoms with Crippen molar-refractivity contribution in [3.8, 4) is 11.5 Å². The third-order valence-corrected chi connectivity index (χ3v) is 3.78. The maximum absolute atomic E-state index is 12.0. The van der Waals surface area contributed by atoms with Gasteiger partial charge in [-0.05, 0) is 36.4 Å². The van der Waals surface area contributed by atoms with Gasteiger partial charge in [-0.3, -0.25) is 9.59 Å². The van der Waals surface area contributed by atoms with Gasteiger partial charge in [0.05, 0.1) is 24.3 Å². The second-order valence-corrected chi connectivity index (χ2v) is 5.79. The summed E-state index contributed by atoms with van der Waals surface area (Å²) in [6.45, 7) is 0. The molecule has 0 saturated carbocycles. The molecule has 132 valence electrons. The quantitative estimate of drug-likeness (QED) is 0.740. The summed E-state index contributed by atoms with van der Waals surface area (Å²) in [6.07, 6.45) is -0.354. The molecule has 6 nitrogen and oxygen atoms in total. The van der Waals surface area contributed by atoms with Crippen LogP contribution in [0.2, 0.25) is 10.0 Å². The van der Waals surface area contributed by atoms with Crippen LogP contribution in [0, 0.1) is 0 Å². The van der Waals surface area contributed by atoms with Crippen molar-refractivity contribution in [2.24, 2.45) is 0 Å². The lowest BCUT2D eigenvalue weighted by molar-refractivity contribution is -0.123. The van der Waals surface area contributed by atoms with Gasteiger partial charge in [0.25, 0.3) is 0 Å². The van der Waals surface area contributed by atoms with E-state index >= 15 is 0 Å². The molecule has 0 aliphatic carbocycles. The van der Waals surface area contributed by atoms with E-state index < -0.39 is 11.8 Å². The molecule has 2 N–H and O–H groups in total. The van der Waals surface area contributed by atoms with Crippen LogP contribution in [0.3, 0.4) is 0 Å². The summed E-state index contributed by atoms with van der Waals surface area (Å²) in [6, 6.07) is 9.58. The van der Waals surface area contributed by atoms with Crippen LogP contribution in [0.15, 0.2) is 36.4 Å². The molecule has 25 heavy (non-hydrogen) atoms. The van der Waals surface area contributed by atoms with Crippen molar-refractivity contribution in [1.82, 2.24) is 0 Å². The number of anilines is 2. The van der Waals surface area contributed by atoms with Gasteiger partial charge >= 0.3 is 0 Å². The van der Waals surface area contributed by atoms with Gasteiger partial charge in [0, 0.05) is 11.4 Å². The second-order valence-electron chi connectivity index (χ2n) is 4.97. The maximum atomic E-state index is 12.0. The molecular formula is C17H16Cl2N2O4. The van der Waals surface area contributed by atoms with Gasteiger partial charge in [-0.1, -0.05) is 23.2 Å². The predicted octanol–water partition coefficient (Wildman–Crippen LogP) is 3.98. The monoisotopic (exact) mass is 382 g/mol. The van der Waals surface area contributed by atoms with Crippen LogP contribution < -0.4 is 20.1 Å². The molecular weight excluding hydrogens is 367 g/mol. The number of benzene rings is 2. The number of nitrogens with one attached hydrogen (secondary N) is 2. The van der Waals surface area contributed by atoms with Crippen LogP contribution in [-0.4, -0.2) is 26.0 Å². The Balaban J connectivity index is 1.92. The number of rotatable bonds is 6. The number of methoxy groups -OCH3 is 2. The molecule has 2 aromatic rings. The molecule has 0 radical (unpaired) electrons. The molecule has 0 bridgehead atoms. The Hall–Kier alpha value is -2.44. The van der Waals surface area contributed by atoms with Gasteiger partial charge in [0.1, 0.15) is 17.9 Å². The summed E-state index contributed by atoms with van der Waals surface area (Å²) in [5.74, 6) is 0.0410. The molecule has 2 aromatic carbocycles. The highest BCUT2D eigenvalue weighted by Crippen LogP contribution is 2.28. The zero-order valence-electron chi connectivity index (χ0n) is 13.6. The Morgan fingerprint density at radius 1 is 0.840 bits per heavy atom. The first-order valence-corrected chi connectivity index (χ1v) is 7.95. The highest BCUT2D eigenvalue weighted by Gasteiger charge is 2.12. The standard InChI is InChI=1S/C17H16Cl2N2O4/c1-24-14-5-3-10(7-12(14)18)20-16(22)9-17(23)21-11-4-6-15(25-2)13(19)8-11/h3-8H,9H2,1-2H3,(H,20,22)(H,21,23). The molecule has 0 heterocycles. The van der Waals surface area contributed by atoms with Crippen LogP contribution in [0.4, 0.5) is 11.4 Å². The SMILES string of the molecule is COc1ccc(NC(=O)CC(=O)Nc2ccc(OC)c(Cl)c2)cc1Cl. The van der Waals surface area contributed by atoms with Crippen LogP contribution in [-0.2, 0) is 9.59 Å². The van der Waals surface area contributed by atoms with Crippen molar-refractivity contribution < 1.29 is 19.1 Å². The smallest absolute Gasteiger partial charge is 0.233 e. The molecule has 0 atom stereocenters. The normalized spacial score (nSPS) is 10.1. The minimum atomic E-state index is -0.474. The summed E-state index contributed by atoms with van der Waals surface area (Å²) in [4.78, 5) is 23.9. The first-order valence-electron chi connectivity index (χ1n) is 7.19. The first-order chi connectivity index (χ1) is 11.9. The average Bonchev–Trinajstić information content (AvgIpc) is 2.55. The predicted molar refractivity (Wildman–Crippen MR) is 97.9 cm³/mol. The lowest BCUT2D eigenvalue weighted by Crippen LogP contribution is -2.21. The van der Waals surface area contributed by atoms with Crippen LogP contribution in [0.25, 0.3) is 0 Å². The largest absolute Gasteiger partial charge is 0.495 e. The highest BCUT2D eigenvalue weighted by atomic mass is 35.5. The van der Waals surface area contributed by atoms with E-state index in [0.717, 1.165) is 0 Å². The Morgan fingerprint density at radius 2 is 1.24 bits per heavy atom. The second kappa shape index (κ2) is 8.60. The van der Waals surface area contributed by atoms with E-state index in [2.05, 4.69) is 10.6 Å². The molecule has 0 unspecified atom stereocenters. The van der Waals surface area contributed by atoms with Crippen molar-refractivity contribution in [2.75, 3.05) is 24.9 Å². The molecule has 8 heteroatoms. The molecule has 0 aliphatic heterocycles. The number of halogens is 2. The molecule has 0 spiro atoms. The van der Waals surface area contributed by atoms with E-state index in [9.17, 15) is 9.59 Å². The summed E-state index contributed by atoms with van der Waals surface area (Å²) in [5.41, 5.74) is 0.937. The summed E-state index contributed by atoms with van der Waals surface area (Å²) in [7, 11) is 2.99. The topological polar surface area (TPSA) is 76.7 Å². The number of hydrogen-bond donors (Lipinski definition) is 2. The highest BCUT2D eigenvalue weighted by molar-refractivity contribution is 6.32. The number of ether oxygens (including phenoxy) is 2. The maximum Gasteiger partial charge on any atom is 0.233 e. The van der Waals surface area contributed by atoms with Crippen molar-refractivity contribution in [2.45, 2.75) is 6.42 Å². The zero-order valence-corrected chi connectivity index (χ0v) is 15.1. The summed E-state index contributed by atoms with van der Waals surface area (Å²) < 4.78 is 10.1. The Morgan fingerprint density at radius 3 is 1.56 bits per heavy atom. The summed E-state index contributed by atoms with van der Waals surface area (Å²) >= 11 is 12.0. The van der Waals surface area contributed by atoms with Crippen molar-refractivity contribution >= 4 is 46.4 Å². The Labute approximate surface area is 155 Å². The molecule has 0 aromatic heterocycles. The fourth-order valence-corrected chi connectivity index (χ4v) is 2.56. The minimum absolute atomic E-state index is 0.354. The lowest BCUT2D eigenvalue weighted by atomic mass is 10.2. The van der Waals surface area contributed by atoms with E-state index in [0.29, 0.717) is 32.9 Å². The Bertz CT molecular complexity index is 731. The van der Waals surface area contributed by atoms with Crippen LogP contribution in [0.1, 0.15) is 6.42 Å². The van der Waals surface area contributed by atoms with Gasteiger partial charge in [0.2, 0.25) is 11.8 Å². The van der Waals surface area contributed by atoms with Gasteiger partial charge in [-0.25, -0.2) is 0 Å². The lowest BCUT2D eigenvalue weighted by Gasteiger charge is -2.09. The van der Waals surface area contributed by atoms with Gasteiger partial charge in [-0.2, -0.15) is 0 Å². The van der Waals surface area contributed by atoms with Crippen molar-refractivity contribution in [3.05, 3.63) is 46.4 Å². The number of carbonyl (C=O) groups excluding carboxylic acids is 2. The molecule has 0 fully saturated rings. The average molecular weight is 383 g/mol. The third-order valence-electron chi connectivity index (χ3n) is 3.19. The van der Waals surface area contributed by atoms with Crippen molar-refractivity contribution in [3.63, 3.8) is 0 Å².